The van der Waals surface area contributed by atoms with Crippen molar-refractivity contribution in [3.8, 4) is 0 Å². The van der Waals surface area contributed by atoms with E-state index in [1.807, 2.05) is 13.0 Å². The molecule has 0 heterocycles. The van der Waals surface area contributed by atoms with E-state index in [-0.39, 0.29) is 6.10 Å². The van der Waals surface area contributed by atoms with Gasteiger partial charge in [0.15, 0.2) is 0 Å². The molecule has 0 rings (SSSR count). The van der Waals surface area contributed by atoms with Crippen molar-refractivity contribution < 1.29 is 9.53 Å². The molecule has 0 N–H and O–H groups in total. The van der Waals surface area contributed by atoms with E-state index in [1.54, 1.807) is 0 Å². The molecule has 1 unspecified atom stereocenters. The third-order valence-corrected chi connectivity index (χ3v) is 1.88. The monoisotopic (exact) mass is 196 g/mol. The fourth-order valence-corrected chi connectivity index (χ4v) is 1.20. The van der Waals surface area contributed by atoms with Crippen LogP contribution in [0.1, 0.15) is 40.5 Å². The van der Waals surface area contributed by atoms with E-state index in [0.29, 0.717) is 6.47 Å². The first-order chi connectivity index (χ1) is 6.56. The lowest BCUT2D eigenvalue weighted by Gasteiger charge is -2.05. The molecule has 0 aromatic rings. The fourth-order valence-electron chi connectivity index (χ4n) is 1.20. The molecule has 80 valence electrons. The standard InChI is InChI=1S/C12H20O2/c1-10(2)6-5-7-11(3)8-12(4)14-9-13/h6,8-9,12H,5,7H2,1-4H3/b11-8-. The van der Waals surface area contributed by atoms with Gasteiger partial charge in [-0.3, -0.25) is 4.79 Å². The Balaban J connectivity index is 3.88. The van der Waals surface area contributed by atoms with Crippen molar-refractivity contribution >= 4 is 6.47 Å². The summed E-state index contributed by atoms with van der Waals surface area (Å²) >= 11 is 0. The van der Waals surface area contributed by atoms with Gasteiger partial charge in [0.2, 0.25) is 0 Å². The Morgan fingerprint density at radius 3 is 2.50 bits per heavy atom. The highest BCUT2D eigenvalue weighted by Gasteiger charge is 1.97. The third kappa shape index (κ3) is 7.59. The van der Waals surface area contributed by atoms with Gasteiger partial charge in [0.1, 0.15) is 6.10 Å². The third-order valence-electron chi connectivity index (χ3n) is 1.88. The summed E-state index contributed by atoms with van der Waals surface area (Å²) in [5, 5.41) is 0. The highest BCUT2D eigenvalue weighted by molar-refractivity contribution is 5.37. The Morgan fingerprint density at radius 1 is 1.36 bits per heavy atom. The normalized spacial score (nSPS) is 13.3. The highest BCUT2D eigenvalue weighted by atomic mass is 16.5. The van der Waals surface area contributed by atoms with E-state index in [4.69, 9.17) is 4.74 Å². The van der Waals surface area contributed by atoms with Gasteiger partial charge in [0.25, 0.3) is 6.47 Å². The van der Waals surface area contributed by atoms with Gasteiger partial charge < -0.3 is 4.74 Å². The van der Waals surface area contributed by atoms with Crippen LogP contribution >= 0.6 is 0 Å². The molecule has 0 saturated carbocycles. The minimum atomic E-state index is -0.112. The molecule has 14 heavy (non-hydrogen) atoms. The molecular weight excluding hydrogens is 176 g/mol. The zero-order valence-corrected chi connectivity index (χ0v) is 9.54. The number of carbonyl (C=O) groups excluding carboxylic acids is 1. The van der Waals surface area contributed by atoms with Crippen LogP contribution in [0.5, 0.6) is 0 Å². The molecule has 0 aliphatic heterocycles. The van der Waals surface area contributed by atoms with Crippen LogP contribution in [0.3, 0.4) is 0 Å². The summed E-state index contributed by atoms with van der Waals surface area (Å²) in [6.07, 6.45) is 6.16. The summed E-state index contributed by atoms with van der Waals surface area (Å²) in [7, 11) is 0. The predicted molar refractivity (Wildman–Crippen MR) is 59.0 cm³/mol. The van der Waals surface area contributed by atoms with Crippen LogP contribution in [-0.2, 0) is 9.53 Å². The van der Waals surface area contributed by atoms with Gasteiger partial charge >= 0.3 is 0 Å². The SMILES string of the molecule is CC(C)=CCC/C(C)=C\C(C)OC=O. The molecule has 0 saturated heterocycles. The average Bonchev–Trinajstić information content (AvgIpc) is 2.03. The first kappa shape index (κ1) is 12.9. The summed E-state index contributed by atoms with van der Waals surface area (Å²) in [5.74, 6) is 0. The lowest BCUT2D eigenvalue weighted by molar-refractivity contribution is -0.130. The quantitative estimate of drug-likeness (QED) is 0.481. The van der Waals surface area contributed by atoms with Crippen molar-refractivity contribution in [2.75, 3.05) is 0 Å². The topological polar surface area (TPSA) is 26.3 Å². The van der Waals surface area contributed by atoms with E-state index in [1.165, 1.54) is 11.1 Å². The Morgan fingerprint density at radius 2 is 2.00 bits per heavy atom. The molecule has 0 aliphatic carbocycles. The molecule has 0 spiro atoms. The highest BCUT2D eigenvalue weighted by Crippen LogP contribution is 2.08. The first-order valence-corrected chi connectivity index (χ1v) is 4.96. The summed E-state index contributed by atoms with van der Waals surface area (Å²) in [5.41, 5.74) is 2.60. The van der Waals surface area contributed by atoms with Crippen LogP contribution in [0.2, 0.25) is 0 Å². The predicted octanol–water partition coefficient (Wildman–Crippen LogP) is 3.24. The molecule has 0 amide bonds. The number of carbonyl (C=O) groups is 1. The van der Waals surface area contributed by atoms with Crippen LogP contribution in [0.4, 0.5) is 0 Å². The largest absolute Gasteiger partial charge is 0.461 e. The molecule has 1 atom stereocenters. The summed E-state index contributed by atoms with van der Waals surface area (Å²) < 4.78 is 4.77. The number of hydrogen-bond acceptors (Lipinski definition) is 2. The van der Waals surface area contributed by atoms with Crippen LogP contribution in [-0.4, -0.2) is 12.6 Å². The fraction of sp³-hybridized carbons (Fsp3) is 0.583. The van der Waals surface area contributed by atoms with Crippen LogP contribution in [0.15, 0.2) is 23.3 Å². The van der Waals surface area contributed by atoms with E-state index < -0.39 is 0 Å². The minimum absolute atomic E-state index is 0.112. The van der Waals surface area contributed by atoms with E-state index in [2.05, 4.69) is 26.8 Å². The van der Waals surface area contributed by atoms with Crippen LogP contribution in [0, 0.1) is 0 Å². The zero-order valence-electron chi connectivity index (χ0n) is 9.54. The maximum absolute atomic E-state index is 10.0. The van der Waals surface area contributed by atoms with Gasteiger partial charge in [-0.2, -0.15) is 0 Å². The Labute approximate surface area is 86.6 Å². The smallest absolute Gasteiger partial charge is 0.293 e. The summed E-state index contributed by atoms with van der Waals surface area (Å²) in [6, 6.07) is 0. The van der Waals surface area contributed by atoms with Crippen LogP contribution < -0.4 is 0 Å². The van der Waals surface area contributed by atoms with Crippen molar-refractivity contribution in [1.29, 1.82) is 0 Å². The lowest BCUT2D eigenvalue weighted by Crippen LogP contribution is -2.03. The van der Waals surface area contributed by atoms with Gasteiger partial charge in [-0.05, 0) is 46.6 Å². The molecule has 0 radical (unpaired) electrons. The molecule has 0 aliphatic rings. The molecule has 2 heteroatoms. The molecule has 2 nitrogen and oxygen atoms in total. The molecular formula is C12H20O2. The molecule has 0 aromatic carbocycles. The van der Waals surface area contributed by atoms with E-state index in [0.717, 1.165) is 12.8 Å². The van der Waals surface area contributed by atoms with Gasteiger partial charge in [-0.25, -0.2) is 0 Å². The van der Waals surface area contributed by atoms with Crippen molar-refractivity contribution in [3.05, 3.63) is 23.3 Å². The number of allylic oxidation sites excluding steroid dienone is 3. The van der Waals surface area contributed by atoms with Gasteiger partial charge in [-0.1, -0.05) is 17.2 Å². The zero-order chi connectivity index (χ0) is 11.0. The second kappa shape index (κ2) is 7.36. The lowest BCUT2D eigenvalue weighted by atomic mass is 10.1. The molecule has 0 bridgehead atoms. The van der Waals surface area contributed by atoms with E-state index in [9.17, 15) is 4.79 Å². The van der Waals surface area contributed by atoms with Crippen molar-refractivity contribution in [1.82, 2.24) is 0 Å². The summed E-state index contributed by atoms with van der Waals surface area (Å²) in [4.78, 5) is 10.0. The van der Waals surface area contributed by atoms with Crippen molar-refractivity contribution in [2.24, 2.45) is 0 Å². The Hall–Kier alpha value is -1.05. The summed E-state index contributed by atoms with van der Waals surface area (Å²) in [6.45, 7) is 8.60. The second-order valence-electron chi connectivity index (χ2n) is 3.77. The molecule has 0 fully saturated rings. The van der Waals surface area contributed by atoms with Crippen molar-refractivity contribution in [2.45, 2.75) is 46.6 Å². The number of hydrogen-bond donors (Lipinski definition) is 0. The average molecular weight is 196 g/mol. The number of rotatable bonds is 6. The maximum atomic E-state index is 10.0. The second-order valence-corrected chi connectivity index (χ2v) is 3.77. The van der Waals surface area contributed by atoms with Crippen LogP contribution in [0.25, 0.3) is 0 Å². The Bertz CT molecular complexity index is 222. The Kier molecular flexibility index (Phi) is 6.81. The van der Waals surface area contributed by atoms with Gasteiger partial charge in [0, 0.05) is 0 Å². The first-order valence-electron chi connectivity index (χ1n) is 4.96. The van der Waals surface area contributed by atoms with Gasteiger partial charge in [0.05, 0.1) is 0 Å². The van der Waals surface area contributed by atoms with Gasteiger partial charge in [-0.15, -0.1) is 0 Å². The van der Waals surface area contributed by atoms with Crippen molar-refractivity contribution in [3.63, 3.8) is 0 Å². The maximum Gasteiger partial charge on any atom is 0.293 e. The molecule has 0 aromatic heterocycles. The minimum Gasteiger partial charge on any atom is -0.461 e. The van der Waals surface area contributed by atoms with E-state index >= 15 is 0 Å². The number of ether oxygens (including phenoxy) is 1.